The molecular weight excluding hydrogens is 368 g/mol. The molecule has 0 bridgehead atoms. The zero-order chi connectivity index (χ0) is 20.1. The predicted molar refractivity (Wildman–Crippen MR) is 96.8 cm³/mol. The number of nitrogens with one attached hydrogen (secondary N) is 1. The Morgan fingerprint density at radius 1 is 1.43 bits per heavy atom. The lowest BCUT2D eigenvalue weighted by Gasteiger charge is -2.09. The molecule has 1 amide bonds. The number of amides is 1. The van der Waals surface area contributed by atoms with Gasteiger partial charge in [-0.1, -0.05) is 0 Å². The number of oxazole rings is 1. The first-order valence-corrected chi connectivity index (χ1v) is 8.29. The molecule has 4 N–H and O–H groups in total. The maximum absolute atomic E-state index is 12.0. The second-order valence-electron chi connectivity index (χ2n) is 5.78. The summed E-state index contributed by atoms with van der Waals surface area (Å²) in [5, 5.41) is 15.7. The van der Waals surface area contributed by atoms with E-state index < -0.39 is 5.97 Å². The average molecular weight is 386 g/mol. The standard InChI is InChI=1S/C17H18N6O5/c1-23-8-11(18)14(22-23)15(24)20-4-2-6-27-13-7-19-5-3-10(13)16-21-12(9-28-16)17(25)26/h3,5,7-9H,2,4,6,18H2,1H3,(H,20,24)(H,25,26). The summed E-state index contributed by atoms with van der Waals surface area (Å²) >= 11 is 0. The molecule has 3 rings (SSSR count). The smallest absolute Gasteiger partial charge is 0.357 e. The summed E-state index contributed by atoms with van der Waals surface area (Å²) in [6.07, 6.45) is 6.12. The van der Waals surface area contributed by atoms with Crippen LogP contribution in [0.1, 0.15) is 27.4 Å². The Labute approximate surface area is 159 Å². The van der Waals surface area contributed by atoms with Crippen LogP contribution in [0.5, 0.6) is 5.75 Å². The number of carboxylic acids is 1. The molecule has 3 aromatic heterocycles. The molecule has 3 aromatic rings. The maximum Gasteiger partial charge on any atom is 0.357 e. The molecule has 28 heavy (non-hydrogen) atoms. The van der Waals surface area contributed by atoms with E-state index in [0.717, 1.165) is 6.26 Å². The maximum atomic E-state index is 12.0. The third-order valence-corrected chi connectivity index (χ3v) is 3.67. The number of aryl methyl sites for hydroxylation is 1. The van der Waals surface area contributed by atoms with Crippen LogP contribution in [-0.4, -0.2) is 49.9 Å². The van der Waals surface area contributed by atoms with E-state index in [0.29, 0.717) is 30.0 Å². The molecule has 0 saturated heterocycles. The Bertz CT molecular complexity index is 996. The summed E-state index contributed by atoms with van der Waals surface area (Å²) in [6.45, 7) is 0.635. The molecule has 0 spiro atoms. The molecule has 3 heterocycles. The van der Waals surface area contributed by atoms with Crippen molar-refractivity contribution in [3.63, 3.8) is 0 Å². The highest BCUT2D eigenvalue weighted by molar-refractivity contribution is 5.96. The van der Waals surface area contributed by atoms with Crippen molar-refractivity contribution < 1.29 is 23.8 Å². The van der Waals surface area contributed by atoms with Gasteiger partial charge in [-0.3, -0.25) is 14.5 Å². The zero-order valence-electron chi connectivity index (χ0n) is 15.0. The van der Waals surface area contributed by atoms with Gasteiger partial charge in [0.15, 0.2) is 11.4 Å². The number of carbonyl (C=O) groups is 2. The summed E-state index contributed by atoms with van der Waals surface area (Å²) < 4.78 is 12.3. The fraction of sp³-hybridized carbons (Fsp3) is 0.235. The topological polar surface area (TPSA) is 158 Å². The first-order valence-electron chi connectivity index (χ1n) is 8.29. The molecule has 0 aliphatic rings. The third-order valence-electron chi connectivity index (χ3n) is 3.67. The minimum Gasteiger partial charge on any atom is -0.491 e. The highest BCUT2D eigenvalue weighted by Crippen LogP contribution is 2.28. The largest absolute Gasteiger partial charge is 0.491 e. The fourth-order valence-corrected chi connectivity index (χ4v) is 2.39. The number of rotatable bonds is 8. The molecule has 0 aliphatic heterocycles. The second kappa shape index (κ2) is 8.20. The minimum absolute atomic E-state index is 0.119. The number of carbonyl (C=O) groups excluding carboxylic acids is 1. The number of ether oxygens (including phenoxy) is 1. The van der Waals surface area contributed by atoms with Gasteiger partial charge in [-0.25, -0.2) is 9.78 Å². The van der Waals surface area contributed by atoms with Gasteiger partial charge >= 0.3 is 5.97 Å². The summed E-state index contributed by atoms with van der Waals surface area (Å²) in [5.41, 5.74) is 6.48. The van der Waals surface area contributed by atoms with E-state index in [1.807, 2.05) is 0 Å². The van der Waals surface area contributed by atoms with Gasteiger partial charge in [0.25, 0.3) is 5.91 Å². The summed E-state index contributed by atoms with van der Waals surface area (Å²) in [5.74, 6) is -1.03. The summed E-state index contributed by atoms with van der Waals surface area (Å²) in [4.78, 5) is 30.8. The zero-order valence-corrected chi connectivity index (χ0v) is 15.0. The Morgan fingerprint density at radius 3 is 2.93 bits per heavy atom. The fourth-order valence-electron chi connectivity index (χ4n) is 2.39. The van der Waals surface area contributed by atoms with Gasteiger partial charge in [0.05, 0.1) is 24.1 Å². The molecule has 0 aliphatic carbocycles. The van der Waals surface area contributed by atoms with Crippen molar-refractivity contribution >= 4 is 17.6 Å². The minimum atomic E-state index is -1.18. The van der Waals surface area contributed by atoms with Gasteiger partial charge in [0, 0.05) is 26.0 Å². The van der Waals surface area contributed by atoms with Crippen LogP contribution < -0.4 is 15.8 Å². The van der Waals surface area contributed by atoms with Gasteiger partial charge in [-0.05, 0) is 12.5 Å². The van der Waals surface area contributed by atoms with Crippen LogP contribution in [-0.2, 0) is 7.05 Å². The number of aromatic carboxylic acids is 1. The summed E-state index contributed by atoms with van der Waals surface area (Å²) in [7, 11) is 1.68. The van der Waals surface area contributed by atoms with Gasteiger partial charge in [0.1, 0.15) is 12.0 Å². The number of nitrogens with zero attached hydrogens (tertiary/aromatic N) is 4. The first kappa shape index (κ1) is 18.9. The number of nitrogen functional groups attached to an aromatic ring is 1. The quantitative estimate of drug-likeness (QED) is 0.479. The van der Waals surface area contributed by atoms with Crippen molar-refractivity contribution in [1.29, 1.82) is 0 Å². The molecule has 0 aromatic carbocycles. The number of hydrogen-bond donors (Lipinski definition) is 3. The number of hydrogen-bond acceptors (Lipinski definition) is 8. The van der Waals surface area contributed by atoms with Crippen LogP contribution >= 0.6 is 0 Å². The Balaban J connectivity index is 1.53. The molecule has 0 atom stereocenters. The van der Waals surface area contributed by atoms with E-state index in [9.17, 15) is 9.59 Å². The van der Waals surface area contributed by atoms with Crippen LogP contribution in [0.15, 0.2) is 35.3 Å². The number of anilines is 1. The average Bonchev–Trinajstić information content (AvgIpc) is 3.28. The third kappa shape index (κ3) is 4.26. The normalized spacial score (nSPS) is 10.6. The van der Waals surface area contributed by atoms with Gasteiger partial charge < -0.3 is 25.3 Å². The van der Waals surface area contributed by atoms with Crippen LogP contribution in [0.2, 0.25) is 0 Å². The number of nitrogens with two attached hydrogens (primary N) is 1. The van der Waals surface area contributed by atoms with E-state index in [-0.39, 0.29) is 29.8 Å². The monoisotopic (exact) mass is 386 g/mol. The van der Waals surface area contributed by atoms with E-state index in [2.05, 4.69) is 20.4 Å². The lowest BCUT2D eigenvalue weighted by molar-refractivity contribution is 0.0690. The van der Waals surface area contributed by atoms with Crippen LogP contribution in [0.25, 0.3) is 11.5 Å². The Morgan fingerprint density at radius 2 is 2.25 bits per heavy atom. The van der Waals surface area contributed by atoms with E-state index >= 15 is 0 Å². The van der Waals surface area contributed by atoms with Crippen molar-refractivity contribution in [2.75, 3.05) is 18.9 Å². The van der Waals surface area contributed by atoms with Crippen molar-refractivity contribution in [3.8, 4) is 17.2 Å². The Kier molecular flexibility index (Phi) is 5.53. The predicted octanol–water partition coefficient (Wildman–Crippen LogP) is 0.949. The SMILES string of the molecule is Cn1cc(N)c(C(=O)NCCCOc2cnccc2-c2nc(C(=O)O)co2)n1. The molecule has 0 radical (unpaired) electrons. The van der Waals surface area contributed by atoms with Crippen molar-refractivity contribution in [2.45, 2.75) is 6.42 Å². The van der Waals surface area contributed by atoms with Gasteiger partial charge in [0.2, 0.25) is 5.89 Å². The highest BCUT2D eigenvalue weighted by atomic mass is 16.5. The van der Waals surface area contributed by atoms with Crippen LogP contribution in [0.4, 0.5) is 5.69 Å². The van der Waals surface area contributed by atoms with E-state index in [1.165, 1.54) is 17.1 Å². The first-order chi connectivity index (χ1) is 13.5. The lowest BCUT2D eigenvalue weighted by atomic mass is 10.2. The lowest BCUT2D eigenvalue weighted by Crippen LogP contribution is -2.26. The van der Waals surface area contributed by atoms with Crippen LogP contribution in [0, 0.1) is 0 Å². The molecule has 0 fully saturated rings. The molecule has 0 saturated carbocycles. The number of pyridine rings is 1. The van der Waals surface area contributed by atoms with Gasteiger partial charge in [-0.15, -0.1) is 0 Å². The van der Waals surface area contributed by atoms with Crippen LogP contribution in [0.3, 0.4) is 0 Å². The highest BCUT2D eigenvalue weighted by Gasteiger charge is 2.16. The van der Waals surface area contributed by atoms with Crippen molar-refractivity contribution in [3.05, 3.63) is 42.3 Å². The second-order valence-corrected chi connectivity index (χ2v) is 5.78. The number of aromatic nitrogens is 4. The van der Waals surface area contributed by atoms with Gasteiger partial charge in [-0.2, -0.15) is 5.10 Å². The molecule has 11 heteroatoms. The number of carboxylic acid groups (broad SMARTS) is 1. The van der Waals surface area contributed by atoms with E-state index in [4.69, 9.17) is 20.0 Å². The molecular formula is C17H18N6O5. The summed E-state index contributed by atoms with van der Waals surface area (Å²) in [6, 6.07) is 1.61. The Hall–Kier alpha value is -3.89. The van der Waals surface area contributed by atoms with E-state index in [1.54, 1.807) is 19.3 Å². The van der Waals surface area contributed by atoms with Crippen molar-refractivity contribution in [1.82, 2.24) is 25.1 Å². The van der Waals surface area contributed by atoms with Crippen molar-refractivity contribution in [2.24, 2.45) is 7.05 Å². The molecule has 146 valence electrons. The molecule has 0 unspecified atom stereocenters. The molecule has 11 nitrogen and oxygen atoms in total.